The van der Waals surface area contributed by atoms with E-state index in [1.807, 2.05) is 6.92 Å². The average molecular weight is 201 g/mol. The summed E-state index contributed by atoms with van der Waals surface area (Å²) in [5.74, 6) is 0.0203. The van der Waals surface area contributed by atoms with Crippen LogP contribution in [0.4, 0.5) is 0 Å². The quantitative estimate of drug-likeness (QED) is 0.712. The van der Waals surface area contributed by atoms with Gasteiger partial charge in [-0.2, -0.15) is 0 Å². The number of likely N-dealkylation sites (tertiary alicyclic amines) is 1. The summed E-state index contributed by atoms with van der Waals surface area (Å²) in [7, 11) is 1.52. The third-order valence-corrected chi connectivity index (χ3v) is 2.78. The summed E-state index contributed by atoms with van der Waals surface area (Å²) in [6.07, 6.45) is 1.95. The Kier molecular flexibility index (Phi) is 3.89. The van der Waals surface area contributed by atoms with Crippen LogP contribution in [-0.2, 0) is 9.53 Å². The number of aliphatic hydroxyl groups excluding tert-OH is 1. The normalized spacial score (nSPS) is 27.8. The number of hydrogen-bond acceptors (Lipinski definition) is 3. The molecule has 1 amide bonds. The predicted octanol–water partition coefficient (Wildman–Crippen LogP) is 0.254. The minimum atomic E-state index is -0.123. The van der Waals surface area contributed by atoms with Gasteiger partial charge in [-0.25, -0.2) is 0 Å². The molecule has 82 valence electrons. The van der Waals surface area contributed by atoms with Crippen LogP contribution >= 0.6 is 0 Å². The number of rotatable bonds is 3. The van der Waals surface area contributed by atoms with Gasteiger partial charge in [0.15, 0.2) is 0 Å². The number of amides is 1. The van der Waals surface area contributed by atoms with Crippen LogP contribution in [-0.4, -0.2) is 49.3 Å². The van der Waals surface area contributed by atoms with Crippen molar-refractivity contribution in [2.24, 2.45) is 5.41 Å². The summed E-state index contributed by atoms with van der Waals surface area (Å²) in [5, 5.41) is 9.21. The maximum absolute atomic E-state index is 11.5. The molecule has 0 aromatic heterocycles. The third kappa shape index (κ3) is 2.69. The van der Waals surface area contributed by atoms with Crippen LogP contribution in [0.1, 0.15) is 19.8 Å². The topological polar surface area (TPSA) is 49.8 Å². The maximum Gasteiger partial charge on any atom is 0.248 e. The number of carbonyl (C=O) groups is 1. The van der Waals surface area contributed by atoms with E-state index in [-0.39, 0.29) is 24.5 Å². The second-order valence-corrected chi connectivity index (χ2v) is 4.32. The number of hydrogen-bond donors (Lipinski definition) is 1. The van der Waals surface area contributed by atoms with Crippen molar-refractivity contribution in [3.8, 4) is 0 Å². The molecule has 1 rings (SSSR count). The molecule has 1 N–H and O–H groups in total. The van der Waals surface area contributed by atoms with E-state index < -0.39 is 0 Å². The zero-order valence-electron chi connectivity index (χ0n) is 8.95. The van der Waals surface area contributed by atoms with Crippen molar-refractivity contribution in [3.63, 3.8) is 0 Å². The molecule has 1 saturated heterocycles. The van der Waals surface area contributed by atoms with E-state index in [9.17, 15) is 9.90 Å². The first-order valence-corrected chi connectivity index (χ1v) is 4.99. The highest BCUT2D eigenvalue weighted by Crippen LogP contribution is 2.28. The van der Waals surface area contributed by atoms with Crippen molar-refractivity contribution in [2.75, 3.05) is 33.4 Å². The molecule has 0 radical (unpaired) electrons. The first-order chi connectivity index (χ1) is 6.61. The molecule has 1 heterocycles. The molecule has 1 aliphatic rings. The van der Waals surface area contributed by atoms with E-state index in [0.29, 0.717) is 6.54 Å². The van der Waals surface area contributed by atoms with Crippen LogP contribution in [0, 0.1) is 5.41 Å². The first kappa shape index (κ1) is 11.5. The Morgan fingerprint density at radius 1 is 1.64 bits per heavy atom. The second kappa shape index (κ2) is 4.75. The molecular weight excluding hydrogens is 182 g/mol. The Morgan fingerprint density at radius 3 is 2.93 bits per heavy atom. The van der Waals surface area contributed by atoms with Crippen LogP contribution in [0.3, 0.4) is 0 Å². The summed E-state index contributed by atoms with van der Waals surface area (Å²) in [5.41, 5.74) is -0.123. The van der Waals surface area contributed by atoms with E-state index >= 15 is 0 Å². The zero-order chi connectivity index (χ0) is 10.6. The maximum atomic E-state index is 11.5. The summed E-state index contributed by atoms with van der Waals surface area (Å²) >= 11 is 0. The Hall–Kier alpha value is -0.610. The minimum Gasteiger partial charge on any atom is -0.396 e. The predicted molar refractivity (Wildman–Crippen MR) is 52.9 cm³/mol. The standard InChI is InChI=1S/C10H19NO3/c1-10(8-12)4-3-5-11(7-10)9(13)6-14-2/h12H,3-8H2,1-2H3/t10-/m1/s1. The number of methoxy groups -OCH3 is 1. The Labute approximate surface area is 84.8 Å². The highest BCUT2D eigenvalue weighted by Gasteiger charge is 2.32. The van der Waals surface area contributed by atoms with Crippen LogP contribution in [0.2, 0.25) is 0 Å². The fourth-order valence-corrected chi connectivity index (χ4v) is 1.87. The number of nitrogens with zero attached hydrogens (tertiary/aromatic N) is 1. The molecule has 0 aromatic carbocycles. The van der Waals surface area contributed by atoms with Gasteiger partial charge in [0.05, 0.1) is 6.61 Å². The van der Waals surface area contributed by atoms with Crippen LogP contribution in [0.5, 0.6) is 0 Å². The Balaban J connectivity index is 2.51. The zero-order valence-corrected chi connectivity index (χ0v) is 8.95. The van der Waals surface area contributed by atoms with E-state index in [4.69, 9.17) is 4.74 Å². The van der Waals surface area contributed by atoms with Gasteiger partial charge in [0, 0.05) is 25.6 Å². The van der Waals surface area contributed by atoms with Crippen LogP contribution < -0.4 is 0 Å². The molecular formula is C10H19NO3. The summed E-state index contributed by atoms with van der Waals surface area (Å²) in [6.45, 7) is 3.73. The smallest absolute Gasteiger partial charge is 0.248 e. The molecule has 1 aliphatic heterocycles. The number of carbonyl (C=O) groups excluding carboxylic acids is 1. The fourth-order valence-electron chi connectivity index (χ4n) is 1.87. The monoisotopic (exact) mass is 201 g/mol. The first-order valence-electron chi connectivity index (χ1n) is 4.99. The van der Waals surface area contributed by atoms with Crippen LogP contribution in [0.15, 0.2) is 0 Å². The van der Waals surface area contributed by atoms with E-state index in [2.05, 4.69) is 0 Å². The number of aliphatic hydroxyl groups is 1. The summed E-state index contributed by atoms with van der Waals surface area (Å²) in [4.78, 5) is 13.3. The fraction of sp³-hybridized carbons (Fsp3) is 0.900. The molecule has 4 nitrogen and oxygen atoms in total. The molecule has 0 unspecified atom stereocenters. The van der Waals surface area contributed by atoms with Crippen molar-refractivity contribution in [3.05, 3.63) is 0 Å². The summed E-state index contributed by atoms with van der Waals surface area (Å²) in [6, 6.07) is 0. The van der Waals surface area contributed by atoms with Gasteiger partial charge in [0.1, 0.15) is 6.61 Å². The largest absolute Gasteiger partial charge is 0.396 e. The molecule has 1 fully saturated rings. The molecule has 0 saturated carbocycles. The molecule has 0 aromatic rings. The van der Waals surface area contributed by atoms with E-state index in [1.165, 1.54) is 7.11 Å². The molecule has 0 bridgehead atoms. The van der Waals surface area contributed by atoms with Gasteiger partial charge in [-0.05, 0) is 12.8 Å². The lowest BCUT2D eigenvalue weighted by molar-refractivity contribution is -0.139. The van der Waals surface area contributed by atoms with E-state index in [1.54, 1.807) is 4.90 Å². The van der Waals surface area contributed by atoms with Crippen molar-refractivity contribution >= 4 is 5.91 Å². The lowest BCUT2D eigenvalue weighted by Gasteiger charge is -2.39. The lowest BCUT2D eigenvalue weighted by atomic mass is 9.83. The van der Waals surface area contributed by atoms with Gasteiger partial charge in [-0.3, -0.25) is 4.79 Å². The Bertz CT molecular complexity index is 208. The SMILES string of the molecule is COCC(=O)N1CCC[C@@](C)(CO)C1. The average Bonchev–Trinajstić information content (AvgIpc) is 2.18. The number of ether oxygens (including phenoxy) is 1. The molecule has 0 aliphatic carbocycles. The van der Waals surface area contributed by atoms with Crippen LogP contribution in [0.25, 0.3) is 0 Å². The second-order valence-electron chi connectivity index (χ2n) is 4.32. The van der Waals surface area contributed by atoms with Gasteiger partial charge in [0.25, 0.3) is 0 Å². The van der Waals surface area contributed by atoms with Gasteiger partial charge in [-0.15, -0.1) is 0 Å². The van der Waals surface area contributed by atoms with Crippen molar-refractivity contribution in [1.29, 1.82) is 0 Å². The van der Waals surface area contributed by atoms with Crippen molar-refractivity contribution < 1.29 is 14.6 Å². The summed E-state index contributed by atoms with van der Waals surface area (Å²) < 4.78 is 4.80. The highest BCUT2D eigenvalue weighted by molar-refractivity contribution is 5.77. The molecule has 0 spiro atoms. The molecule has 1 atom stereocenters. The minimum absolute atomic E-state index is 0.0203. The van der Waals surface area contributed by atoms with Crippen molar-refractivity contribution in [1.82, 2.24) is 4.90 Å². The highest BCUT2D eigenvalue weighted by atomic mass is 16.5. The van der Waals surface area contributed by atoms with E-state index in [0.717, 1.165) is 19.4 Å². The third-order valence-electron chi connectivity index (χ3n) is 2.78. The van der Waals surface area contributed by atoms with Gasteiger partial charge in [0.2, 0.25) is 5.91 Å². The molecule has 4 heteroatoms. The van der Waals surface area contributed by atoms with Gasteiger partial charge in [-0.1, -0.05) is 6.92 Å². The lowest BCUT2D eigenvalue weighted by Crippen LogP contribution is -2.47. The molecule has 14 heavy (non-hydrogen) atoms. The van der Waals surface area contributed by atoms with Crippen molar-refractivity contribution in [2.45, 2.75) is 19.8 Å². The number of piperidine rings is 1. The van der Waals surface area contributed by atoms with Gasteiger partial charge >= 0.3 is 0 Å². The Morgan fingerprint density at radius 2 is 2.36 bits per heavy atom. The van der Waals surface area contributed by atoms with Gasteiger partial charge < -0.3 is 14.7 Å².